The SMILES string of the molecule is CCCC(CCC)C(=O)CCCSSCCOC(=O)NS(C)(=O)=O.CCCC(CCC)C(=O)CCCSSCCOC(=O)NS(C)(=O)=O.CCCC(CCC)C(=O)OCCSSCCOC(=O)NS(C)(=O)=O.[Na+]. The van der Waals surface area contributed by atoms with Crippen LogP contribution >= 0.6 is 64.8 Å². The molecule has 0 aromatic heterocycles. The van der Waals surface area contributed by atoms with E-state index >= 15 is 0 Å². The summed E-state index contributed by atoms with van der Waals surface area (Å²) in [5.41, 5.74) is 0. The number of hydrogen-bond donors (Lipinski definition) is 3. The molecule has 19 nitrogen and oxygen atoms in total. The van der Waals surface area contributed by atoms with Crippen molar-refractivity contribution in [1.29, 1.82) is 0 Å². The maximum atomic E-state index is 12.1. The average molecular weight is 1220 g/mol. The predicted molar refractivity (Wildman–Crippen MR) is 302 cm³/mol. The predicted octanol–water partition coefficient (Wildman–Crippen LogP) is 7.06. The van der Waals surface area contributed by atoms with Gasteiger partial charge in [0.15, 0.2) is 0 Å². The summed E-state index contributed by atoms with van der Waals surface area (Å²) < 4.78 is 89.3. The van der Waals surface area contributed by atoms with Gasteiger partial charge >= 0.3 is 53.8 Å². The van der Waals surface area contributed by atoms with Crippen LogP contribution in [0, 0.1) is 17.8 Å². The molecule has 29 heteroatoms. The quantitative estimate of drug-likeness (QED) is 0.0182. The van der Waals surface area contributed by atoms with Crippen LogP contribution in [0.15, 0.2) is 0 Å². The average Bonchev–Trinajstić information content (AvgIpc) is 3.27. The molecule has 0 aliphatic carbocycles. The van der Waals surface area contributed by atoms with E-state index in [1.807, 2.05) is 0 Å². The molecule has 0 bridgehead atoms. The van der Waals surface area contributed by atoms with Gasteiger partial charge in [0.05, 0.1) is 24.7 Å². The molecule has 0 spiro atoms. The van der Waals surface area contributed by atoms with Gasteiger partial charge < -0.3 is 18.9 Å². The molecule has 0 rings (SSSR count). The van der Waals surface area contributed by atoms with Crippen molar-refractivity contribution in [1.82, 2.24) is 14.2 Å². The molecule has 0 fully saturated rings. The standard InChI is InChI=1S/2C15H29NO5S3.C14H27NO6S3.Na/c2*1-4-7-13(8-5-2)14(17)9-6-11-22-23-12-10-21-15(18)16-24(3,19)20;1-4-6-12(7-5-2)13(16)20-8-10-22-23-11-9-21-14(17)15-24(3,18)19;/h2*13H,4-12H2,1-3H3,(H,16,18);12H,4-11H2,1-3H3,(H,15,17);/q;;;+1. The number of amides is 3. The van der Waals surface area contributed by atoms with Crippen molar-refractivity contribution in [3.8, 4) is 0 Å². The van der Waals surface area contributed by atoms with E-state index in [2.05, 4.69) is 41.5 Å². The van der Waals surface area contributed by atoms with Crippen molar-refractivity contribution < 1.29 is 103 Å². The number of carbonyl (C=O) groups excluding carboxylic acids is 6. The Kier molecular flexibility index (Phi) is 55.3. The van der Waals surface area contributed by atoms with E-state index in [0.29, 0.717) is 54.0 Å². The van der Waals surface area contributed by atoms with Crippen molar-refractivity contribution in [2.75, 3.05) is 79.7 Å². The van der Waals surface area contributed by atoms with Gasteiger partial charge in [0, 0.05) is 59.2 Å². The van der Waals surface area contributed by atoms with Crippen LogP contribution in [0.4, 0.5) is 14.4 Å². The van der Waals surface area contributed by atoms with Crippen LogP contribution in [-0.4, -0.2) is 141 Å². The number of Topliss-reactive ketones (excluding diaryl/α,β-unsaturated/α-hetero) is 2. The first-order valence-electron chi connectivity index (χ1n) is 24.3. The number of ketones is 2. The van der Waals surface area contributed by atoms with Crippen LogP contribution in [0.3, 0.4) is 0 Å². The van der Waals surface area contributed by atoms with Crippen LogP contribution < -0.4 is 43.7 Å². The van der Waals surface area contributed by atoms with Crippen molar-refractivity contribution in [3.05, 3.63) is 0 Å². The summed E-state index contributed by atoms with van der Waals surface area (Å²) in [7, 11) is -1.40. The minimum absolute atomic E-state index is 0. The number of rotatable bonds is 41. The molecule has 0 aliphatic rings. The molecule has 73 heavy (non-hydrogen) atoms. The third-order valence-corrected chi connectivity index (χ3v) is 17.9. The third-order valence-electron chi connectivity index (χ3n) is 9.04. The van der Waals surface area contributed by atoms with E-state index in [0.717, 1.165) is 120 Å². The van der Waals surface area contributed by atoms with Crippen molar-refractivity contribution in [2.24, 2.45) is 17.8 Å². The Bertz CT molecular complexity index is 1600. The Hall–Kier alpha value is -0.430. The van der Waals surface area contributed by atoms with Crippen molar-refractivity contribution in [3.63, 3.8) is 0 Å². The van der Waals surface area contributed by atoms with E-state index in [-0.39, 0.29) is 73.1 Å². The van der Waals surface area contributed by atoms with Gasteiger partial charge in [0.2, 0.25) is 30.1 Å². The van der Waals surface area contributed by atoms with Gasteiger partial charge in [-0.15, -0.1) is 0 Å². The second-order valence-electron chi connectivity index (χ2n) is 16.1. The topological polar surface area (TPSA) is 278 Å². The van der Waals surface area contributed by atoms with Gasteiger partial charge in [0.25, 0.3) is 0 Å². The number of hydrogen-bond acceptors (Lipinski definition) is 22. The Morgan fingerprint density at radius 3 is 0.863 bits per heavy atom. The molecular formula is C44H85N3NaO16S9+. The number of carbonyl (C=O) groups is 6. The van der Waals surface area contributed by atoms with Gasteiger partial charge in [-0.3, -0.25) is 14.4 Å². The second-order valence-corrected chi connectivity index (χ2v) is 29.4. The zero-order chi connectivity index (χ0) is 55.3. The maximum absolute atomic E-state index is 12.1. The fourth-order valence-electron chi connectivity index (χ4n) is 6.12. The Balaban J connectivity index is -0.000000486. The molecule has 0 unspecified atom stereocenters. The molecule has 0 saturated heterocycles. The van der Waals surface area contributed by atoms with Crippen LogP contribution in [0.25, 0.3) is 0 Å². The first-order chi connectivity index (χ1) is 33.9. The molecule has 0 aromatic carbocycles. The van der Waals surface area contributed by atoms with E-state index in [4.69, 9.17) is 18.9 Å². The van der Waals surface area contributed by atoms with Crippen LogP contribution in [-0.2, 0) is 63.4 Å². The maximum Gasteiger partial charge on any atom is 1.00 e. The zero-order valence-corrected chi connectivity index (χ0v) is 54.2. The number of ether oxygens (including phenoxy) is 4. The molecule has 0 atom stereocenters. The molecule has 0 aromatic rings. The summed E-state index contributed by atoms with van der Waals surface area (Å²) in [4.78, 5) is 69.3. The summed E-state index contributed by atoms with van der Waals surface area (Å²) >= 11 is 0. The summed E-state index contributed by atoms with van der Waals surface area (Å²) in [6.07, 6.45) is 14.6. The zero-order valence-electron chi connectivity index (χ0n) is 44.8. The van der Waals surface area contributed by atoms with E-state index in [1.54, 1.807) is 57.3 Å². The Labute approximate surface area is 484 Å². The molecule has 0 aliphatic heterocycles. The van der Waals surface area contributed by atoms with Crippen LogP contribution in [0.5, 0.6) is 0 Å². The fraction of sp³-hybridized carbons (Fsp3) is 0.864. The summed E-state index contributed by atoms with van der Waals surface area (Å²) in [6.45, 7) is 13.3. The smallest absolute Gasteiger partial charge is 0.465 e. The van der Waals surface area contributed by atoms with Crippen molar-refractivity contribution in [2.45, 2.75) is 144 Å². The van der Waals surface area contributed by atoms with E-state index in [1.165, 1.54) is 21.6 Å². The molecule has 0 radical (unpaired) electrons. The van der Waals surface area contributed by atoms with Gasteiger partial charge in [-0.05, 0) is 51.4 Å². The second kappa shape index (κ2) is 51.0. The molecule has 0 saturated carbocycles. The van der Waals surface area contributed by atoms with Crippen LogP contribution in [0.1, 0.15) is 144 Å². The Morgan fingerprint density at radius 1 is 0.384 bits per heavy atom. The number of nitrogens with one attached hydrogen (secondary N) is 3. The van der Waals surface area contributed by atoms with Gasteiger partial charge in [-0.1, -0.05) is 145 Å². The summed E-state index contributed by atoms with van der Waals surface area (Å²) in [5, 5.41) is 0. The molecule has 3 N–H and O–H groups in total. The molecule has 426 valence electrons. The summed E-state index contributed by atoms with van der Waals surface area (Å²) in [6, 6.07) is 0. The first kappa shape index (κ1) is 79.1. The Morgan fingerprint density at radius 2 is 0.616 bits per heavy atom. The number of sulfonamides is 3. The number of esters is 1. The third kappa shape index (κ3) is 57.6. The van der Waals surface area contributed by atoms with E-state index in [9.17, 15) is 54.0 Å². The van der Waals surface area contributed by atoms with Crippen molar-refractivity contribution >= 4 is 131 Å². The largest absolute Gasteiger partial charge is 1.00 e. The molecule has 0 heterocycles. The monoisotopic (exact) mass is 1220 g/mol. The van der Waals surface area contributed by atoms with Gasteiger partial charge in [0.1, 0.15) is 38.0 Å². The van der Waals surface area contributed by atoms with E-state index < -0.39 is 48.3 Å². The minimum atomic E-state index is -3.59. The first-order valence-corrected chi connectivity index (χ1v) is 37.4. The van der Waals surface area contributed by atoms with Gasteiger partial charge in [-0.2, -0.15) is 0 Å². The molecule has 3 amide bonds. The minimum Gasteiger partial charge on any atom is -0.465 e. The normalized spacial score (nSPS) is 11.3. The summed E-state index contributed by atoms with van der Waals surface area (Å²) in [5.74, 6) is 5.14. The van der Waals surface area contributed by atoms with Gasteiger partial charge in [-0.25, -0.2) is 53.8 Å². The fourth-order valence-corrected chi connectivity index (χ4v) is 12.7. The van der Waals surface area contributed by atoms with Crippen LogP contribution in [0.2, 0.25) is 0 Å². The molecular weight excluding hydrogens is 1140 g/mol.